The molecular weight excluding hydrogens is 326 g/mol. The van der Waals surface area contributed by atoms with Crippen LogP contribution in [0.4, 0.5) is 5.69 Å². The van der Waals surface area contributed by atoms with Crippen LogP contribution in [0.2, 0.25) is 0 Å². The van der Waals surface area contributed by atoms with Gasteiger partial charge in [0.2, 0.25) is 5.91 Å². The monoisotopic (exact) mass is 345 g/mol. The van der Waals surface area contributed by atoms with E-state index in [0.717, 1.165) is 22.3 Å². The standard InChI is InChI=1S/C18H19NO4S/c1-3-23-24(21,22)11-17-16-10-13-6-4-5-7-14(13)15(16)8-9-18(17)19-12(2)20/h4-9H,3,10-11H2,1-2H3,(H,19,20). The summed E-state index contributed by atoms with van der Waals surface area (Å²) in [6.45, 7) is 3.13. The fourth-order valence-electron chi connectivity index (χ4n) is 3.14. The lowest BCUT2D eigenvalue weighted by Crippen LogP contribution is -2.14. The van der Waals surface area contributed by atoms with E-state index in [2.05, 4.69) is 5.32 Å². The first-order valence-corrected chi connectivity index (χ1v) is 9.36. The van der Waals surface area contributed by atoms with Crippen LogP contribution in [0, 0.1) is 0 Å². The van der Waals surface area contributed by atoms with Gasteiger partial charge >= 0.3 is 0 Å². The molecule has 0 bridgehead atoms. The second-order valence-corrected chi connectivity index (χ2v) is 7.38. The fourth-order valence-corrected chi connectivity index (χ4v) is 4.27. The van der Waals surface area contributed by atoms with E-state index in [-0.39, 0.29) is 18.3 Å². The van der Waals surface area contributed by atoms with Gasteiger partial charge < -0.3 is 5.32 Å². The first-order chi connectivity index (χ1) is 11.4. The number of anilines is 1. The quantitative estimate of drug-likeness (QED) is 0.721. The van der Waals surface area contributed by atoms with Crippen molar-refractivity contribution in [2.45, 2.75) is 26.0 Å². The van der Waals surface area contributed by atoms with Gasteiger partial charge in [-0.3, -0.25) is 8.98 Å². The third-order valence-electron chi connectivity index (χ3n) is 4.04. The first kappa shape index (κ1) is 16.7. The van der Waals surface area contributed by atoms with E-state index >= 15 is 0 Å². The molecule has 0 spiro atoms. The Morgan fingerprint density at radius 3 is 2.62 bits per heavy atom. The summed E-state index contributed by atoms with van der Waals surface area (Å²) in [7, 11) is -3.70. The lowest BCUT2D eigenvalue weighted by Gasteiger charge is -2.15. The minimum atomic E-state index is -3.70. The molecule has 0 saturated heterocycles. The van der Waals surface area contributed by atoms with E-state index in [4.69, 9.17) is 4.18 Å². The van der Waals surface area contributed by atoms with Crippen molar-refractivity contribution >= 4 is 21.7 Å². The SMILES string of the molecule is CCOS(=O)(=O)Cc1c(NC(C)=O)ccc2c1Cc1ccccc1-2. The average molecular weight is 345 g/mol. The smallest absolute Gasteiger partial charge is 0.271 e. The van der Waals surface area contributed by atoms with Gasteiger partial charge in [0, 0.05) is 12.6 Å². The Morgan fingerprint density at radius 1 is 1.17 bits per heavy atom. The summed E-state index contributed by atoms with van der Waals surface area (Å²) in [5.74, 6) is -0.492. The fraction of sp³-hybridized carbons (Fsp3) is 0.278. The van der Waals surface area contributed by atoms with Crippen molar-refractivity contribution in [3.63, 3.8) is 0 Å². The zero-order chi connectivity index (χ0) is 17.3. The minimum absolute atomic E-state index is 0.0903. The molecule has 126 valence electrons. The molecule has 24 heavy (non-hydrogen) atoms. The number of rotatable bonds is 5. The number of hydrogen-bond donors (Lipinski definition) is 1. The molecule has 0 saturated carbocycles. The summed E-state index contributed by atoms with van der Waals surface area (Å²) >= 11 is 0. The molecular formula is C18H19NO4S. The number of benzene rings is 2. The van der Waals surface area contributed by atoms with Crippen LogP contribution in [0.1, 0.15) is 30.5 Å². The van der Waals surface area contributed by atoms with Crippen molar-refractivity contribution in [2.75, 3.05) is 11.9 Å². The van der Waals surface area contributed by atoms with Gasteiger partial charge in [0.25, 0.3) is 10.1 Å². The molecule has 0 aromatic heterocycles. The number of amides is 1. The van der Waals surface area contributed by atoms with Crippen molar-refractivity contribution in [1.29, 1.82) is 0 Å². The normalized spacial score (nSPS) is 12.6. The van der Waals surface area contributed by atoms with Crippen LogP contribution in [0.5, 0.6) is 0 Å². The lowest BCUT2D eigenvalue weighted by molar-refractivity contribution is -0.114. The number of nitrogens with one attached hydrogen (secondary N) is 1. The Labute approximate surface area is 141 Å². The molecule has 5 nitrogen and oxygen atoms in total. The maximum absolute atomic E-state index is 12.2. The molecule has 1 aliphatic rings. The van der Waals surface area contributed by atoms with E-state index < -0.39 is 10.1 Å². The highest BCUT2D eigenvalue weighted by molar-refractivity contribution is 7.85. The molecule has 0 radical (unpaired) electrons. The molecule has 0 unspecified atom stereocenters. The van der Waals surface area contributed by atoms with Crippen LogP contribution in [-0.2, 0) is 31.3 Å². The predicted octanol–water partition coefficient (Wildman–Crippen LogP) is 3.08. The Kier molecular flexibility index (Phi) is 4.43. The van der Waals surface area contributed by atoms with E-state index in [9.17, 15) is 13.2 Å². The van der Waals surface area contributed by atoms with E-state index in [1.165, 1.54) is 6.92 Å². The van der Waals surface area contributed by atoms with E-state index in [0.29, 0.717) is 17.7 Å². The third kappa shape index (κ3) is 3.20. The summed E-state index contributed by atoms with van der Waals surface area (Å²) in [5.41, 5.74) is 5.34. The number of carbonyl (C=O) groups is 1. The third-order valence-corrected chi connectivity index (χ3v) is 5.27. The Morgan fingerprint density at radius 2 is 1.92 bits per heavy atom. The maximum Gasteiger partial charge on any atom is 0.271 e. The molecule has 0 aliphatic heterocycles. The van der Waals surface area contributed by atoms with Gasteiger partial charge in [-0.1, -0.05) is 30.3 Å². The van der Waals surface area contributed by atoms with Crippen LogP contribution >= 0.6 is 0 Å². The molecule has 6 heteroatoms. The number of carbonyl (C=O) groups excluding carboxylic acids is 1. The number of hydrogen-bond acceptors (Lipinski definition) is 4. The lowest BCUT2D eigenvalue weighted by atomic mass is 10.0. The largest absolute Gasteiger partial charge is 0.326 e. The predicted molar refractivity (Wildman–Crippen MR) is 93.2 cm³/mol. The Hall–Kier alpha value is -2.18. The van der Waals surface area contributed by atoms with Crippen molar-refractivity contribution in [1.82, 2.24) is 0 Å². The summed E-state index contributed by atoms with van der Waals surface area (Å²) in [6, 6.07) is 11.7. The summed E-state index contributed by atoms with van der Waals surface area (Å²) in [6.07, 6.45) is 0.649. The van der Waals surface area contributed by atoms with Gasteiger partial charge in [0.1, 0.15) is 5.75 Å². The molecule has 2 aromatic carbocycles. The van der Waals surface area contributed by atoms with Crippen LogP contribution in [-0.4, -0.2) is 20.9 Å². The van der Waals surface area contributed by atoms with Gasteiger partial charge in [-0.25, -0.2) is 0 Å². The summed E-state index contributed by atoms with van der Waals surface area (Å²) in [4.78, 5) is 11.5. The molecule has 1 aliphatic carbocycles. The molecule has 0 atom stereocenters. The molecule has 0 heterocycles. The average Bonchev–Trinajstić information content (AvgIpc) is 2.88. The van der Waals surface area contributed by atoms with Crippen molar-refractivity contribution in [3.05, 3.63) is 53.1 Å². The van der Waals surface area contributed by atoms with Crippen molar-refractivity contribution < 1.29 is 17.4 Å². The van der Waals surface area contributed by atoms with E-state index in [1.807, 2.05) is 30.3 Å². The topological polar surface area (TPSA) is 72.5 Å². The maximum atomic E-state index is 12.2. The van der Waals surface area contributed by atoms with Crippen LogP contribution in [0.25, 0.3) is 11.1 Å². The summed E-state index contributed by atoms with van der Waals surface area (Å²) in [5, 5.41) is 2.74. The number of fused-ring (bicyclic) bond motifs is 3. The molecule has 0 fully saturated rings. The highest BCUT2D eigenvalue weighted by Crippen LogP contribution is 2.41. The highest BCUT2D eigenvalue weighted by Gasteiger charge is 2.26. The minimum Gasteiger partial charge on any atom is -0.326 e. The van der Waals surface area contributed by atoms with Gasteiger partial charge in [-0.05, 0) is 47.2 Å². The van der Waals surface area contributed by atoms with E-state index in [1.54, 1.807) is 13.0 Å². The zero-order valence-corrected chi connectivity index (χ0v) is 14.4. The van der Waals surface area contributed by atoms with Crippen LogP contribution in [0.3, 0.4) is 0 Å². The van der Waals surface area contributed by atoms with Crippen LogP contribution in [0.15, 0.2) is 36.4 Å². The van der Waals surface area contributed by atoms with Crippen molar-refractivity contribution in [3.8, 4) is 11.1 Å². The van der Waals surface area contributed by atoms with Crippen LogP contribution < -0.4 is 5.32 Å². The molecule has 1 N–H and O–H groups in total. The molecule has 1 amide bonds. The van der Waals surface area contributed by atoms with Gasteiger partial charge in [-0.2, -0.15) is 8.42 Å². The second-order valence-electron chi connectivity index (χ2n) is 5.74. The van der Waals surface area contributed by atoms with Gasteiger partial charge in [0.05, 0.1) is 6.61 Å². The van der Waals surface area contributed by atoms with Gasteiger partial charge in [0.15, 0.2) is 0 Å². The first-order valence-electron chi connectivity index (χ1n) is 7.79. The highest BCUT2D eigenvalue weighted by atomic mass is 32.2. The Balaban J connectivity index is 2.12. The summed E-state index contributed by atoms with van der Waals surface area (Å²) < 4.78 is 29.2. The second kappa shape index (κ2) is 6.37. The molecule has 3 rings (SSSR count). The molecule has 2 aromatic rings. The Bertz CT molecular complexity index is 903. The van der Waals surface area contributed by atoms with Crippen molar-refractivity contribution in [2.24, 2.45) is 0 Å². The van der Waals surface area contributed by atoms with Gasteiger partial charge in [-0.15, -0.1) is 0 Å². The zero-order valence-electron chi connectivity index (χ0n) is 13.6.